The minimum atomic E-state index is 0.258. The van der Waals surface area contributed by atoms with Gasteiger partial charge in [0.05, 0.1) is 24.8 Å². The lowest BCUT2D eigenvalue weighted by Gasteiger charge is -2.35. The summed E-state index contributed by atoms with van der Waals surface area (Å²) in [4.78, 5) is 6.85. The molecule has 1 aliphatic heterocycles. The Morgan fingerprint density at radius 1 is 1.29 bits per heavy atom. The van der Waals surface area contributed by atoms with Crippen LogP contribution >= 0.6 is 0 Å². The largest absolute Gasteiger partial charge is 0.377 e. The van der Waals surface area contributed by atoms with E-state index in [2.05, 4.69) is 32.3 Å². The van der Waals surface area contributed by atoms with Crippen LogP contribution < -0.4 is 10.2 Å². The molecule has 112 valence electrons. The second-order valence-electron chi connectivity index (χ2n) is 5.23. The topological polar surface area (TPSA) is 63.2 Å². The van der Waals surface area contributed by atoms with Crippen LogP contribution in [0.3, 0.4) is 0 Å². The van der Waals surface area contributed by atoms with Gasteiger partial charge in [-0.3, -0.25) is 0 Å². The van der Waals surface area contributed by atoms with Crippen LogP contribution in [-0.4, -0.2) is 54.1 Å². The van der Waals surface area contributed by atoms with Gasteiger partial charge in [0, 0.05) is 13.1 Å². The van der Waals surface area contributed by atoms with Crippen LogP contribution in [0.4, 0.5) is 5.95 Å². The molecule has 0 amide bonds. The molecule has 0 saturated carbocycles. The Morgan fingerprint density at radius 3 is 3.00 bits per heavy atom. The quantitative estimate of drug-likeness (QED) is 0.835. The molecule has 1 N–H and O–H groups in total. The number of rotatable bonds is 5. The molecular formula is C15H21N5O. The fourth-order valence-corrected chi connectivity index (χ4v) is 2.53. The average Bonchev–Trinajstić information content (AvgIpc) is 2.55. The van der Waals surface area contributed by atoms with E-state index in [-0.39, 0.29) is 6.04 Å². The molecule has 0 radical (unpaired) electrons. The van der Waals surface area contributed by atoms with E-state index in [1.807, 2.05) is 24.3 Å². The molecule has 1 atom stereocenters. The van der Waals surface area contributed by atoms with Gasteiger partial charge in [0.1, 0.15) is 5.52 Å². The molecule has 1 saturated heterocycles. The molecule has 1 fully saturated rings. The molecular weight excluding hydrogens is 266 g/mol. The Kier molecular flexibility index (Phi) is 4.57. The number of para-hydroxylation sites is 1. The van der Waals surface area contributed by atoms with Gasteiger partial charge in [0.25, 0.3) is 0 Å². The Morgan fingerprint density at radius 2 is 2.14 bits per heavy atom. The van der Waals surface area contributed by atoms with Crippen molar-refractivity contribution in [3.8, 4) is 0 Å². The Balaban J connectivity index is 1.80. The smallest absolute Gasteiger partial charge is 0.246 e. The molecule has 3 rings (SSSR count). The van der Waals surface area contributed by atoms with Crippen LogP contribution in [0.1, 0.15) is 13.3 Å². The van der Waals surface area contributed by atoms with E-state index >= 15 is 0 Å². The number of aromatic nitrogens is 3. The van der Waals surface area contributed by atoms with Crippen molar-refractivity contribution in [2.24, 2.45) is 0 Å². The molecule has 2 aromatic rings. The number of hydrogen-bond acceptors (Lipinski definition) is 6. The van der Waals surface area contributed by atoms with E-state index in [1.54, 1.807) is 0 Å². The van der Waals surface area contributed by atoms with Crippen LogP contribution in [0.5, 0.6) is 0 Å². The first-order chi connectivity index (χ1) is 10.4. The van der Waals surface area contributed by atoms with Crippen LogP contribution in [0.2, 0.25) is 0 Å². The van der Waals surface area contributed by atoms with Crippen molar-refractivity contribution in [3.63, 3.8) is 0 Å². The van der Waals surface area contributed by atoms with Crippen LogP contribution in [-0.2, 0) is 4.74 Å². The van der Waals surface area contributed by atoms with Gasteiger partial charge >= 0.3 is 0 Å². The fourth-order valence-electron chi connectivity index (χ4n) is 2.53. The van der Waals surface area contributed by atoms with E-state index in [0.29, 0.717) is 19.2 Å². The number of morpholine rings is 1. The van der Waals surface area contributed by atoms with E-state index in [9.17, 15) is 0 Å². The second-order valence-corrected chi connectivity index (χ2v) is 5.23. The summed E-state index contributed by atoms with van der Waals surface area (Å²) in [7, 11) is 0. The highest BCUT2D eigenvalue weighted by Crippen LogP contribution is 2.17. The Bertz CT molecular complexity index is 591. The molecule has 6 nitrogen and oxygen atoms in total. The highest BCUT2D eigenvalue weighted by Gasteiger charge is 2.25. The Labute approximate surface area is 124 Å². The molecule has 1 unspecified atom stereocenters. The van der Waals surface area contributed by atoms with Crippen molar-refractivity contribution in [2.75, 3.05) is 37.7 Å². The van der Waals surface area contributed by atoms with Crippen LogP contribution in [0, 0.1) is 0 Å². The third-order valence-corrected chi connectivity index (χ3v) is 3.64. The lowest BCUT2D eigenvalue weighted by Crippen LogP contribution is -2.51. The maximum Gasteiger partial charge on any atom is 0.246 e. The summed E-state index contributed by atoms with van der Waals surface area (Å²) < 4.78 is 5.59. The zero-order chi connectivity index (χ0) is 14.5. The third kappa shape index (κ3) is 3.28. The van der Waals surface area contributed by atoms with E-state index in [0.717, 1.165) is 37.1 Å². The summed E-state index contributed by atoms with van der Waals surface area (Å²) in [5.74, 6) is 0.695. The molecule has 0 bridgehead atoms. The molecule has 1 aromatic heterocycles. The van der Waals surface area contributed by atoms with E-state index in [4.69, 9.17) is 4.74 Å². The number of ether oxygens (including phenoxy) is 1. The first-order valence-corrected chi connectivity index (χ1v) is 7.53. The Hall–Kier alpha value is -1.79. The number of anilines is 1. The number of benzene rings is 1. The second kappa shape index (κ2) is 6.78. The number of nitrogens with one attached hydrogen (secondary N) is 1. The van der Waals surface area contributed by atoms with Crippen molar-refractivity contribution in [2.45, 2.75) is 19.4 Å². The van der Waals surface area contributed by atoms with Crippen molar-refractivity contribution < 1.29 is 4.74 Å². The summed E-state index contributed by atoms with van der Waals surface area (Å²) in [5, 5.41) is 12.0. The first-order valence-electron chi connectivity index (χ1n) is 7.53. The predicted octanol–water partition coefficient (Wildman–Crippen LogP) is 1.23. The molecule has 1 aliphatic rings. The zero-order valence-corrected chi connectivity index (χ0v) is 12.3. The summed E-state index contributed by atoms with van der Waals surface area (Å²) in [6.07, 6.45) is 1.13. The highest BCUT2D eigenvalue weighted by atomic mass is 16.5. The van der Waals surface area contributed by atoms with Gasteiger partial charge < -0.3 is 15.0 Å². The minimum Gasteiger partial charge on any atom is -0.377 e. The van der Waals surface area contributed by atoms with Crippen molar-refractivity contribution >= 4 is 17.0 Å². The molecule has 0 aliphatic carbocycles. The number of fused-ring (bicyclic) bond motifs is 1. The lowest BCUT2D eigenvalue weighted by atomic mass is 10.2. The van der Waals surface area contributed by atoms with Gasteiger partial charge in [0.15, 0.2) is 0 Å². The fraction of sp³-hybridized carbons (Fsp3) is 0.533. The maximum absolute atomic E-state index is 5.59. The van der Waals surface area contributed by atoms with Gasteiger partial charge in [0.2, 0.25) is 5.95 Å². The molecule has 0 spiro atoms. The zero-order valence-electron chi connectivity index (χ0n) is 12.3. The average molecular weight is 287 g/mol. The van der Waals surface area contributed by atoms with E-state index < -0.39 is 0 Å². The molecule has 21 heavy (non-hydrogen) atoms. The molecule has 1 aromatic carbocycles. The summed E-state index contributed by atoms with van der Waals surface area (Å²) in [5.41, 5.74) is 1.71. The van der Waals surface area contributed by atoms with Crippen LogP contribution in [0.15, 0.2) is 24.3 Å². The SMILES string of the molecule is CCCNCC1COCCN1c1nnc2ccccc2n1. The molecule has 6 heteroatoms. The van der Waals surface area contributed by atoms with Gasteiger partial charge in [-0.15, -0.1) is 10.2 Å². The third-order valence-electron chi connectivity index (χ3n) is 3.64. The van der Waals surface area contributed by atoms with Gasteiger partial charge in [-0.2, -0.15) is 0 Å². The summed E-state index contributed by atoms with van der Waals surface area (Å²) >= 11 is 0. The van der Waals surface area contributed by atoms with Crippen LogP contribution in [0.25, 0.3) is 11.0 Å². The normalized spacial score (nSPS) is 19.1. The van der Waals surface area contributed by atoms with Crippen molar-refractivity contribution in [3.05, 3.63) is 24.3 Å². The van der Waals surface area contributed by atoms with Crippen molar-refractivity contribution in [1.29, 1.82) is 0 Å². The maximum atomic E-state index is 5.59. The highest BCUT2D eigenvalue weighted by molar-refractivity contribution is 5.74. The van der Waals surface area contributed by atoms with Gasteiger partial charge in [-0.05, 0) is 25.1 Å². The standard InChI is InChI=1S/C15H21N5O/c1-2-7-16-10-12-11-21-9-8-20(12)15-17-13-5-3-4-6-14(13)18-19-15/h3-6,12,16H,2,7-11H2,1H3. The van der Waals surface area contributed by atoms with Gasteiger partial charge in [-0.25, -0.2) is 4.98 Å². The van der Waals surface area contributed by atoms with Gasteiger partial charge in [-0.1, -0.05) is 19.1 Å². The monoisotopic (exact) mass is 287 g/mol. The van der Waals surface area contributed by atoms with E-state index in [1.165, 1.54) is 0 Å². The number of nitrogens with zero attached hydrogens (tertiary/aromatic N) is 4. The molecule has 2 heterocycles. The summed E-state index contributed by atoms with van der Waals surface area (Å²) in [6, 6.07) is 8.08. The first kappa shape index (κ1) is 14.2. The summed E-state index contributed by atoms with van der Waals surface area (Å²) in [6.45, 7) is 6.27. The number of hydrogen-bond donors (Lipinski definition) is 1. The minimum absolute atomic E-state index is 0.258. The lowest BCUT2D eigenvalue weighted by molar-refractivity contribution is 0.0929. The predicted molar refractivity (Wildman–Crippen MR) is 82.4 cm³/mol. The van der Waals surface area contributed by atoms with Crippen molar-refractivity contribution in [1.82, 2.24) is 20.5 Å².